The molecule has 1 atom stereocenters. The Morgan fingerprint density at radius 2 is 2.14 bits per heavy atom. The fraction of sp³-hybridized carbons (Fsp3) is 0.565. The first-order valence-electron chi connectivity index (χ1n) is 10.3. The highest BCUT2D eigenvalue weighted by Gasteiger charge is 2.27. The van der Waals surface area contributed by atoms with Gasteiger partial charge in [0.1, 0.15) is 5.82 Å². The third kappa shape index (κ3) is 6.15. The molecule has 160 valence electrons. The van der Waals surface area contributed by atoms with Crippen LogP contribution in [-0.4, -0.2) is 48.1 Å². The predicted octanol–water partition coefficient (Wildman–Crippen LogP) is 4.64. The van der Waals surface area contributed by atoms with Crippen LogP contribution in [0.5, 0.6) is 0 Å². The summed E-state index contributed by atoms with van der Waals surface area (Å²) >= 11 is 0. The van der Waals surface area contributed by atoms with E-state index in [2.05, 4.69) is 67.9 Å². The van der Waals surface area contributed by atoms with Crippen LogP contribution in [0.25, 0.3) is 6.08 Å². The van der Waals surface area contributed by atoms with Crippen LogP contribution in [0, 0.1) is 13.8 Å². The SMILES string of the molecule is CC/C=C\c1c(C(C)(C)OC)cc(N2CCOCC2C)nc1C.Cc1ccn[nH]1. The predicted molar refractivity (Wildman–Crippen MR) is 119 cm³/mol. The monoisotopic (exact) mass is 400 g/mol. The van der Waals surface area contributed by atoms with Gasteiger partial charge in [-0.25, -0.2) is 4.98 Å². The lowest BCUT2D eigenvalue weighted by Crippen LogP contribution is -2.44. The maximum Gasteiger partial charge on any atom is 0.129 e. The number of nitrogens with one attached hydrogen (secondary N) is 1. The molecule has 1 saturated heterocycles. The molecule has 0 saturated carbocycles. The van der Waals surface area contributed by atoms with Gasteiger partial charge < -0.3 is 14.4 Å². The Hall–Kier alpha value is -2.18. The zero-order valence-corrected chi connectivity index (χ0v) is 19.0. The molecule has 1 fully saturated rings. The van der Waals surface area contributed by atoms with E-state index in [0.717, 1.165) is 43.4 Å². The summed E-state index contributed by atoms with van der Waals surface area (Å²) in [6.07, 6.45) is 7.09. The maximum atomic E-state index is 5.76. The molecule has 3 rings (SSSR count). The quantitative estimate of drug-likeness (QED) is 0.792. The highest BCUT2D eigenvalue weighted by Crippen LogP contribution is 2.33. The molecular weight excluding hydrogens is 364 g/mol. The zero-order chi connectivity index (χ0) is 21.4. The van der Waals surface area contributed by atoms with Crippen molar-refractivity contribution in [3.8, 4) is 0 Å². The van der Waals surface area contributed by atoms with Gasteiger partial charge >= 0.3 is 0 Å². The highest BCUT2D eigenvalue weighted by atomic mass is 16.5. The number of nitrogens with zero attached hydrogens (tertiary/aromatic N) is 3. The van der Waals surface area contributed by atoms with Crippen LogP contribution in [0.1, 0.15) is 56.6 Å². The van der Waals surface area contributed by atoms with E-state index in [1.54, 1.807) is 13.3 Å². The Kier molecular flexibility index (Phi) is 8.41. The number of morpholine rings is 1. The van der Waals surface area contributed by atoms with Crippen molar-refractivity contribution in [3.63, 3.8) is 0 Å². The van der Waals surface area contributed by atoms with E-state index >= 15 is 0 Å². The molecule has 6 nitrogen and oxygen atoms in total. The lowest BCUT2D eigenvalue weighted by atomic mass is 9.91. The first-order chi connectivity index (χ1) is 13.8. The number of hydrogen-bond donors (Lipinski definition) is 1. The molecule has 1 aliphatic heterocycles. The van der Waals surface area contributed by atoms with Gasteiger partial charge in [-0.15, -0.1) is 0 Å². The number of H-pyrrole nitrogens is 1. The number of allylic oxidation sites excluding steroid dienone is 1. The molecule has 0 amide bonds. The van der Waals surface area contributed by atoms with Gasteiger partial charge in [-0.2, -0.15) is 5.10 Å². The summed E-state index contributed by atoms with van der Waals surface area (Å²) in [5.41, 5.74) is 4.15. The van der Waals surface area contributed by atoms with Crippen LogP contribution in [0.2, 0.25) is 0 Å². The summed E-state index contributed by atoms with van der Waals surface area (Å²) in [6.45, 7) is 15.0. The van der Waals surface area contributed by atoms with Crippen molar-refractivity contribution >= 4 is 11.9 Å². The molecule has 3 heterocycles. The average molecular weight is 401 g/mol. The van der Waals surface area contributed by atoms with Crippen molar-refractivity contribution in [2.24, 2.45) is 0 Å². The minimum atomic E-state index is -0.356. The second-order valence-electron chi connectivity index (χ2n) is 7.91. The van der Waals surface area contributed by atoms with Gasteiger partial charge in [0.2, 0.25) is 0 Å². The van der Waals surface area contributed by atoms with Crippen molar-refractivity contribution in [3.05, 3.63) is 46.9 Å². The van der Waals surface area contributed by atoms with E-state index < -0.39 is 0 Å². The number of anilines is 1. The fourth-order valence-electron chi connectivity index (χ4n) is 3.26. The van der Waals surface area contributed by atoms with Crippen molar-refractivity contribution in [2.45, 2.75) is 59.6 Å². The normalized spacial score (nSPS) is 17.3. The Morgan fingerprint density at radius 1 is 1.38 bits per heavy atom. The molecule has 1 unspecified atom stereocenters. The van der Waals surface area contributed by atoms with Crippen LogP contribution in [-0.2, 0) is 15.1 Å². The molecular formula is C23H36N4O2. The largest absolute Gasteiger partial charge is 0.377 e. The number of methoxy groups -OCH3 is 1. The number of aryl methyl sites for hydroxylation is 2. The number of rotatable bonds is 5. The molecule has 0 spiro atoms. The van der Waals surface area contributed by atoms with E-state index in [0.29, 0.717) is 6.04 Å². The second kappa shape index (κ2) is 10.6. The fourth-order valence-corrected chi connectivity index (χ4v) is 3.26. The summed E-state index contributed by atoms with van der Waals surface area (Å²) < 4.78 is 11.3. The Morgan fingerprint density at radius 3 is 2.66 bits per heavy atom. The lowest BCUT2D eigenvalue weighted by molar-refractivity contribution is 0.0189. The van der Waals surface area contributed by atoms with Crippen molar-refractivity contribution in [1.29, 1.82) is 0 Å². The van der Waals surface area contributed by atoms with Gasteiger partial charge in [0.05, 0.1) is 24.9 Å². The van der Waals surface area contributed by atoms with Gasteiger partial charge in [0, 0.05) is 36.8 Å². The molecule has 0 aromatic carbocycles. The van der Waals surface area contributed by atoms with E-state index in [9.17, 15) is 0 Å². The van der Waals surface area contributed by atoms with Crippen LogP contribution in [0.3, 0.4) is 0 Å². The molecule has 0 radical (unpaired) electrons. The van der Waals surface area contributed by atoms with Crippen LogP contribution in [0.15, 0.2) is 24.4 Å². The van der Waals surface area contributed by atoms with E-state index in [1.807, 2.05) is 13.0 Å². The van der Waals surface area contributed by atoms with Crippen LogP contribution in [0.4, 0.5) is 5.82 Å². The van der Waals surface area contributed by atoms with E-state index in [4.69, 9.17) is 14.5 Å². The summed E-state index contributed by atoms with van der Waals surface area (Å²) in [6, 6.07) is 4.44. The third-order valence-electron chi connectivity index (χ3n) is 5.22. The summed E-state index contributed by atoms with van der Waals surface area (Å²) in [4.78, 5) is 7.20. The first-order valence-corrected chi connectivity index (χ1v) is 10.3. The third-order valence-corrected chi connectivity index (χ3v) is 5.22. The summed E-state index contributed by atoms with van der Waals surface area (Å²) in [7, 11) is 1.76. The number of pyridine rings is 1. The van der Waals surface area contributed by atoms with Crippen molar-refractivity contribution in [2.75, 3.05) is 31.8 Å². The standard InChI is InChI=1S/C19H30N2O2.C4H6N2/c1-7-8-9-16-15(3)20-18(12-17(16)19(4,5)22-6)21-10-11-23-13-14(21)2;1-4-2-3-5-6-4/h8-9,12,14H,7,10-11,13H2,1-6H3;2-3H,1H3,(H,5,6)/b9-8-;. The van der Waals surface area contributed by atoms with Gasteiger partial charge in [-0.3, -0.25) is 5.10 Å². The van der Waals surface area contributed by atoms with E-state index in [1.165, 1.54) is 11.1 Å². The summed E-state index contributed by atoms with van der Waals surface area (Å²) in [5.74, 6) is 1.02. The second-order valence-corrected chi connectivity index (χ2v) is 7.91. The summed E-state index contributed by atoms with van der Waals surface area (Å²) in [5, 5.41) is 6.45. The molecule has 29 heavy (non-hydrogen) atoms. The molecule has 0 aliphatic carbocycles. The van der Waals surface area contributed by atoms with Gasteiger partial charge in [-0.1, -0.05) is 19.1 Å². The minimum absolute atomic E-state index is 0.339. The molecule has 1 aliphatic rings. The van der Waals surface area contributed by atoms with Gasteiger partial charge in [0.25, 0.3) is 0 Å². The highest BCUT2D eigenvalue weighted by molar-refractivity contribution is 5.61. The van der Waals surface area contributed by atoms with E-state index in [-0.39, 0.29) is 5.60 Å². The first kappa shape index (κ1) is 23.1. The van der Waals surface area contributed by atoms with Gasteiger partial charge in [0.15, 0.2) is 0 Å². The molecule has 2 aromatic heterocycles. The maximum absolute atomic E-state index is 5.76. The topological polar surface area (TPSA) is 63.3 Å². The number of aromatic nitrogens is 3. The Bertz CT molecular complexity index is 784. The van der Waals surface area contributed by atoms with Gasteiger partial charge in [-0.05, 0) is 58.7 Å². The smallest absolute Gasteiger partial charge is 0.129 e. The van der Waals surface area contributed by atoms with Crippen LogP contribution >= 0.6 is 0 Å². The molecule has 2 aromatic rings. The molecule has 1 N–H and O–H groups in total. The average Bonchev–Trinajstić information content (AvgIpc) is 3.18. The minimum Gasteiger partial charge on any atom is -0.377 e. The van der Waals surface area contributed by atoms with Crippen molar-refractivity contribution < 1.29 is 9.47 Å². The number of aromatic amines is 1. The molecule has 0 bridgehead atoms. The number of hydrogen-bond acceptors (Lipinski definition) is 5. The Labute approximate surface area is 175 Å². The Balaban J connectivity index is 0.000000426. The van der Waals surface area contributed by atoms with Crippen LogP contribution < -0.4 is 4.90 Å². The lowest BCUT2D eigenvalue weighted by Gasteiger charge is -2.36. The number of ether oxygens (including phenoxy) is 2. The van der Waals surface area contributed by atoms with Crippen molar-refractivity contribution in [1.82, 2.24) is 15.2 Å². The molecule has 6 heteroatoms. The zero-order valence-electron chi connectivity index (χ0n) is 19.0.